The lowest BCUT2D eigenvalue weighted by atomic mass is 10.7. The summed E-state index contributed by atoms with van der Waals surface area (Å²) in [5.74, 6) is 0. The summed E-state index contributed by atoms with van der Waals surface area (Å²) in [5.41, 5.74) is 0. The van der Waals surface area contributed by atoms with E-state index in [1.165, 1.54) is 0 Å². The lowest BCUT2D eigenvalue weighted by Gasteiger charge is -1.91. The maximum absolute atomic E-state index is 10.7. The molecule has 0 amide bonds. The highest BCUT2D eigenvalue weighted by Crippen LogP contribution is 2.05. The fourth-order valence-electron chi connectivity index (χ4n) is 0.449. The fourth-order valence-corrected chi connectivity index (χ4v) is 1.06. The number of hydrogen-bond acceptors (Lipinski definition) is 3. The van der Waals surface area contributed by atoms with Crippen LogP contribution in [0.3, 0.4) is 0 Å². The second-order valence-electron chi connectivity index (χ2n) is 1.64. The smallest absolute Gasteiger partial charge is 0.218 e. The van der Waals surface area contributed by atoms with Crippen LogP contribution in [0.4, 0.5) is 0 Å². The summed E-state index contributed by atoms with van der Waals surface area (Å²) in [6.07, 6.45) is 4.69. The molecule has 0 saturated carbocycles. The first-order valence-electron chi connectivity index (χ1n) is 2.51. The molecule has 1 atom stereocenters. The van der Waals surface area contributed by atoms with Gasteiger partial charge in [-0.1, -0.05) is 0 Å². The highest BCUT2D eigenvalue weighted by molar-refractivity contribution is 9.10. The Balaban J connectivity index is 3.00. The Kier molecular flexibility index (Phi) is 2.50. The molecule has 54 valence electrons. The number of halogens is 1. The number of nitrogens with zero attached hydrogens (tertiary/aromatic N) is 2. The molecule has 3 nitrogen and oxygen atoms in total. The Morgan fingerprint density at radius 3 is 2.40 bits per heavy atom. The minimum absolute atomic E-state index is 0.364. The van der Waals surface area contributed by atoms with Crippen molar-refractivity contribution in [2.45, 2.75) is 5.16 Å². The molecule has 1 aromatic heterocycles. The van der Waals surface area contributed by atoms with Crippen LogP contribution >= 0.6 is 15.9 Å². The SMILES string of the molecule is C[S@@](=O)c1ncc(Br)cn1. The molecular weight excluding hydrogens is 216 g/mol. The van der Waals surface area contributed by atoms with Crippen molar-refractivity contribution in [3.05, 3.63) is 16.9 Å². The van der Waals surface area contributed by atoms with Crippen molar-refractivity contribution in [3.8, 4) is 0 Å². The zero-order valence-electron chi connectivity index (χ0n) is 5.24. The van der Waals surface area contributed by atoms with Gasteiger partial charge in [-0.05, 0) is 15.9 Å². The van der Waals surface area contributed by atoms with Crippen molar-refractivity contribution in [1.29, 1.82) is 0 Å². The highest BCUT2D eigenvalue weighted by Gasteiger charge is 1.97. The molecule has 1 aromatic rings. The van der Waals surface area contributed by atoms with Crippen molar-refractivity contribution >= 4 is 26.7 Å². The molecule has 0 aromatic carbocycles. The van der Waals surface area contributed by atoms with E-state index in [9.17, 15) is 4.21 Å². The van der Waals surface area contributed by atoms with E-state index in [1.54, 1.807) is 18.6 Å². The van der Waals surface area contributed by atoms with Gasteiger partial charge in [0.25, 0.3) is 0 Å². The van der Waals surface area contributed by atoms with Crippen LogP contribution in [0.5, 0.6) is 0 Å². The van der Waals surface area contributed by atoms with Gasteiger partial charge in [0.05, 0.1) is 15.3 Å². The molecule has 0 bridgehead atoms. The van der Waals surface area contributed by atoms with Gasteiger partial charge >= 0.3 is 0 Å². The molecule has 0 aliphatic carbocycles. The Bertz CT molecular complexity index is 248. The first kappa shape index (κ1) is 7.81. The number of rotatable bonds is 1. The molecule has 5 heteroatoms. The minimum atomic E-state index is -1.08. The number of hydrogen-bond donors (Lipinski definition) is 0. The van der Waals surface area contributed by atoms with Crippen molar-refractivity contribution in [2.24, 2.45) is 0 Å². The van der Waals surface area contributed by atoms with Gasteiger partial charge in [-0.15, -0.1) is 0 Å². The molecule has 0 unspecified atom stereocenters. The molecule has 0 radical (unpaired) electrons. The summed E-state index contributed by atoms with van der Waals surface area (Å²) in [5, 5.41) is 0.364. The molecule has 1 heterocycles. The molecule has 0 fully saturated rings. The van der Waals surface area contributed by atoms with Gasteiger partial charge in [0, 0.05) is 18.6 Å². The van der Waals surface area contributed by atoms with E-state index >= 15 is 0 Å². The zero-order valence-corrected chi connectivity index (χ0v) is 7.65. The molecule has 0 N–H and O–H groups in total. The standard InChI is InChI=1S/C5H5BrN2OS/c1-10(9)5-7-2-4(6)3-8-5/h2-3H,1H3/t10-/m1/s1. The summed E-state index contributed by atoms with van der Waals surface area (Å²) < 4.78 is 11.5. The molecule has 0 aliphatic rings. The van der Waals surface area contributed by atoms with E-state index in [2.05, 4.69) is 25.9 Å². The predicted octanol–water partition coefficient (Wildman–Crippen LogP) is 0.977. The monoisotopic (exact) mass is 220 g/mol. The van der Waals surface area contributed by atoms with Crippen LogP contribution in [-0.2, 0) is 10.8 Å². The van der Waals surface area contributed by atoms with Crippen LogP contribution in [0.1, 0.15) is 0 Å². The van der Waals surface area contributed by atoms with E-state index in [1.807, 2.05) is 0 Å². The Morgan fingerprint density at radius 2 is 2.00 bits per heavy atom. The first-order valence-corrected chi connectivity index (χ1v) is 4.86. The number of aromatic nitrogens is 2. The average Bonchev–Trinajstić information content (AvgIpc) is 1.88. The summed E-state index contributed by atoms with van der Waals surface area (Å²) in [6.45, 7) is 0. The molecule has 0 aliphatic heterocycles. The summed E-state index contributed by atoms with van der Waals surface area (Å²) >= 11 is 3.17. The van der Waals surface area contributed by atoms with E-state index in [0.717, 1.165) is 4.47 Å². The van der Waals surface area contributed by atoms with Gasteiger partial charge in [0.2, 0.25) is 5.16 Å². The Hall–Kier alpha value is -0.290. The van der Waals surface area contributed by atoms with Gasteiger partial charge in [-0.25, -0.2) is 9.97 Å². The fraction of sp³-hybridized carbons (Fsp3) is 0.200. The lowest BCUT2D eigenvalue weighted by Crippen LogP contribution is -1.94. The molecular formula is C5H5BrN2OS. The van der Waals surface area contributed by atoms with Gasteiger partial charge < -0.3 is 0 Å². The third-order valence-electron chi connectivity index (χ3n) is 0.854. The van der Waals surface area contributed by atoms with Crippen molar-refractivity contribution in [1.82, 2.24) is 9.97 Å². The van der Waals surface area contributed by atoms with Crippen LogP contribution in [0.15, 0.2) is 22.0 Å². The molecule has 10 heavy (non-hydrogen) atoms. The topological polar surface area (TPSA) is 42.9 Å². The maximum Gasteiger partial charge on any atom is 0.218 e. The van der Waals surface area contributed by atoms with Gasteiger partial charge in [-0.3, -0.25) is 4.21 Å². The van der Waals surface area contributed by atoms with Gasteiger partial charge in [0.15, 0.2) is 0 Å². The minimum Gasteiger partial charge on any atom is -0.251 e. The zero-order chi connectivity index (χ0) is 7.56. The van der Waals surface area contributed by atoms with Crippen LogP contribution in [0.2, 0.25) is 0 Å². The Labute approximate surface area is 69.5 Å². The molecule has 1 rings (SSSR count). The van der Waals surface area contributed by atoms with Gasteiger partial charge in [-0.2, -0.15) is 0 Å². The van der Waals surface area contributed by atoms with Crippen LogP contribution in [-0.4, -0.2) is 20.4 Å². The van der Waals surface area contributed by atoms with Crippen LogP contribution in [0, 0.1) is 0 Å². The third-order valence-corrected chi connectivity index (χ3v) is 1.99. The quantitative estimate of drug-likeness (QED) is 0.664. The van der Waals surface area contributed by atoms with E-state index in [4.69, 9.17) is 0 Å². The molecule has 0 spiro atoms. The van der Waals surface area contributed by atoms with E-state index < -0.39 is 10.8 Å². The first-order chi connectivity index (χ1) is 4.70. The largest absolute Gasteiger partial charge is 0.251 e. The maximum atomic E-state index is 10.7. The second-order valence-corrected chi connectivity index (χ2v) is 3.83. The Morgan fingerprint density at radius 1 is 1.50 bits per heavy atom. The van der Waals surface area contributed by atoms with E-state index in [-0.39, 0.29) is 0 Å². The summed E-state index contributed by atoms with van der Waals surface area (Å²) in [6, 6.07) is 0. The van der Waals surface area contributed by atoms with Crippen molar-refractivity contribution < 1.29 is 4.21 Å². The van der Waals surface area contributed by atoms with E-state index in [0.29, 0.717) is 5.16 Å². The van der Waals surface area contributed by atoms with Crippen LogP contribution < -0.4 is 0 Å². The normalized spacial score (nSPS) is 13.0. The van der Waals surface area contributed by atoms with Crippen LogP contribution in [0.25, 0.3) is 0 Å². The van der Waals surface area contributed by atoms with Crippen molar-refractivity contribution in [2.75, 3.05) is 6.26 Å². The van der Waals surface area contributed by atoms with Crippen molar-refractivity contribution in [3.63, 3.8) is 0 Å². The van der Waals surface area contributed by atoms with Gasteiger partial charge in [0.1, 0.15) is 0 Å². The second kappa shape index (κ2) is 3.21. The summed E-state index contributed by atoms with van der Waals surface area (Å²) in [4.78, 5) is 7.64. The highest BCUT2D eigenvalue weighted by atomic mass is 79.9. The average molecular weight is 221 g/mol. The molecule has 0 saturated heterocycles. The third kappa shape index (κ3) is 1.85. The predicted molar refractivity (Wildman–Crippen MR) is 42.1 cm³/mol. The lowest BCUT2D eigenvalue weighted by molar-refractivity contribution is 0.679. The summed E-state index contributed by atoms with van der Waals surface area (Å²) in [7, 11) is -1.08.